The Bertz CT molecular complexity index is 1050. The second-order valence-electron chi connectivity index (χ2n) is 6.76. The fraction of sp³-hybridized carbons (Fsp3) is 0.316. The van der Waals surface area contributed by atoms with Gasteiger partial charge in [0.15, 0.2) is 0 Å². The number of hydrogen-bond acceptors (Lipinski definition) is 6. The first-order valence-electron chi connectivity index (χ1n) is 9.11. The zero-order chi connectivity index (χ0) is 21.9. The summed E-state index contributed by atoms with van der Waals surface area (Å²) in [5.41, 5.74) is -0.244. The molecule has 9 nitrogen and oxygen atoms in total. The van der Waals surface area contributed by atoms with Gasteiger partial charge in [-0.2, -0.15) is 4.31 Å². The monoisotopic (exact) mass is 437 g/mol. The van der Waals surface area contributed by atoms with E-state index in [2.05, 4.69) is 5.32 Å². The maximum Gasteiger partial charge on any atom is 0.296 e. The van der Waals surface area contributed by atoms with Crippen LogP contribution in [0.15, 0.2) is 47.4 Å². The molecule has 1 fully saturated rings. The number of rotatable bonds is 6. The Balaban J connectivity index is 1.66. The van der Waals surface area contributed by atoms with Crippen molar-refractivity contribution in [3.05, 3.63) is 58.4 Å². The van der Waals surface area contributed by atoms with Crippen LogP contribution < -0.4 is 10.1 Å². The minimum absolute atomic E-state index is 0.0133. The quantitative estimate of drug-likeness (QED) is 0.548. The van der Waals surface area contributed by atoms with Gasteiger partial charge in [0.25, 0.3) is 5.69 Å². The Labute approximate surface area is 172 Å². The van der Waals surface area contributed by atoms with Gasteiger partial charge in [-0.3, -0.25) is 14.9 Å². The van der Waals surface area contributed by atoms with Gasteiger partial charge >= 0.3 is 0 Å². The summed E-state index contributed by atoms with van der Waals surface area (Å²) in [6, 6.07) is 8.67. The predicted molar refractivity (Wildman–Crippen MR) is 106 cm³/mol. The van der Waals surface area contributed by atoms with E-state index in [4.69, 9.17) is 4.74 Å². The minimum atomic E-state index is -3.78. The lowest BCUT2D eigenvalue weighted by Gasteiger charge is -2.30. The molecule has 0 bridgehead atoms. The average molecular weight is 437 g/mol. The van der Waals surface area contributed by atoms with E-state index < -0.39 is 32.6 Å². The first-order valence-corrected chi connectivity index (χ1v) is 10.6. The van der Waals surface area contributed by atoms with Crippen LogP contribution in [-0.2, 0) is 14.8 Å². The fourth-order valence-corrected chi connectivity index (χ4v) is 4.71. The molecule has 1 amide bonds. The van der Waals surface area contributed by atoms with E-state index in [1.807, 2.05) is 0 Å². The van der Waals surface area contributed by atoms with Crippen LogP contribution in [0.3, 0.4) is 0 Å². The predicted octanol–water partition coefficient (Wildman–Crippen LogP) is 2.78. The third-order valence-corrected chi connectivity index (χ3v) is 6.85. The van der Waals surface area contributed by atoms with Crippen molar-refractivity contribution in [2.75, 3.05) is 25.5 Å². The number of hydrogen-bond donors (Lipinski definition) is 1. The van der Waals surface area contributed by atoms with Gasteiger partial charge in [-0.25, -0.2) is 12.8 Å². The van der Waals surface area contributed by atoms with E-state index >= 15 is 0 Å². The number of nitro groups is 1. The summed E-state index contributed by atoms with van der Waals surface area (Å²) in [5.74, 6) is -1.15. The summed E-state index contributed by atoms with van der Waals surface area (Å²) in [5, 5.41) is 13.8. The standard InChI is InChI=1S/C19H20FN3O6S/c1-29-15-4-7-17(18(12-15)23(25)26)21-19(24)13-8-10-22(11-9-13)30(27,28)16-5-2-14(20)3-6-16/h2-7,12-13H,8-11H2,1H3,(H,21,24). The smallest absolute Gasteiger partial charge is 0.296 e. The number of carbonyl (C=O) groups excluding carboxylic acids is 1. The molecule has 2 aromatic rings. The van der Waals surface area contributed by atoms with Crippen molar-refractivity contribution in [3.63, 3.8) is 0 Å². The zero-order valence-electron chi connectivity index (χ0n) is 16.1. The topological polar surface area (TPSA) is 119 Å². The molecule has 0 spiro atoms. The van der Waals surface area contributed by atoms with Crippen molar-refractivity contribution >= 4 is 27.3 Å². The van der Waals surface area contributed by atoms with E-state index in [1.54, 1.807) is 0 Å². The van der Waals surface area contributed by atoms with Crippen LogP contribution in [-0.4, -0.2) is 43.8 Å². The summed E-state index contributed by atoms with van der Waals surface area (Å²) in [6.45, 7) is 0.227. The Hall–Kier alpha value is -3.05. The molecule has 1 saturated heterocycles. The van der Waals surface area contributed by atoms with Gasteiger partial charge < -0.3 is 10.1 Å². The lowest BCUT2D eigenvalue weighted by molar-refractivity contribution is -0.384. The number of carbonyl (C=O) groups is 1. The van der Waals surface area contributed by atoms with E-state index in [1.165, 1.54) is 41.7 Å². The van der Waals surface area contributed by atoms with Crippen LogP contribution in [0.2, 0.25) is 0 Å². The van der Waals surface area contributed by atoms with E-state index in [0.29, 0.717) is 5.75 Å². The molecule has 3 rings (SSSR count). The number of methoxy groups -OCH3 is 1. The lowest BCUT2D eigenvalue weighted by atomic mass is 9.97. The van der Waals surface area contributed by atoms with Gasteiger partial charge in [-0.15, -0.1) is 0 Å². The summed E-state index contributed by atoms with van der Waals surface area (Å²) >= 11 is 0. The van der Waals surface area contributed by atoms with Gasteiger partial charge in [0.1, 0.15) is 17.3 Å². The normalized spacial score (nSPS) is 15.5. The molecule has 1 N–H and O–H groups in total. The van der Waals surface area contributed by atoms with Crippen LogP contribution in [0.1, 0.15) is 12.8 Å². The van der Waals surface area contributed by atoms with E-state index in [0.717, 1.165) is 12.1 Å². The van der Waals surface area contributed by atoms with Crippen LogP contribution >= 0.6 is 0 Å². The molecule has 0 saturated carbocycles. The molecule has 0 aromatic heterocycles. The molecular weight excluding hydrogens is 417 g/mol. The summed E-state index contributed by atoms with van der Waals surface area (Å²) in [6.07, 6.45) is 0.520. The molecule has 0 radical (unpaired) electrons. The zero-order valence-corrected chi connectivity index (χ0v) is 16.9. The van der Waals surface area contributed by atoms with Gasteiger partial charge in [-0.1, -0.05) is 0 Å². The lowest BCUT2D eigenvalue weighted by Crippen LogP contribution is -2.41. The molecule has 0 aliphatic carbocycles. The van der Waals surface area contributed by atoms with Crippen molar-refractivity contribution in [1.29, 1.82) is 0 Å². The molecule has 1 heterocycles. The van der Waals surface area contributed by atoms with Gasteiger partial charge in [0, 0.05) is 19.0 Å². The summed E-state index contributed by atoms with van der Waals surface area (Å²) < 4.78 is 44.6. The average Bonchev–Trinajstić information content (AvgIpc) is 2.74. The first-order chi connectivity index (χ1) is 14.2. The van der Waals surface area contributed by atoms with Gasteiger partial charge in [0.05, 0.1) is 23.0 Å². The number of nitro benzene ring substituents is 1. The van der Waals surface area contributed by atoms with Gasteiger partial charge in [0.2, 0.25) is 15.9 Å². The second kappa shape index (κ2) is 8.76. The second-order valence-corrected chi connectivity index (χ2v) is 8.70. The first kappa shape index (κ1) is 21.7. The van der Waals surface area contributed by atoms with Crippen molar-refractivity contribution in [1.82, 2.24) is 4.31 Å². The number of piperidine rings is 1. The summed E-state index contributed by atoms with van der Waals surface area (Å²) in [4.78, 5) is 23.2. The van der Waals surface area contributed by atoms with Crippen molar-refractivity contribution < 1.29 is 27.3 Å². The Morgan fingerprint density at radius 3 is 2.40 bits per heavy atom. The molecule has 0 unspecified atom stereocenters. The molecule has 1 aliphatic heterocycles. The van der Waals surface area contributed by atoms with Crippen molar-refractivity contribution in [3.8, 4) is 5.75 Å². The molecule has 30 heavy (non-hydrogen) atoms. The number of sulfonamides is 1. The van der Waals surface area contributed by atoms with Crippen molar-refractivity contribution in [2.45, 2.75) is 17.7 Å². The van der Waals surface area contributed by atoms with Crippen LogP contribution in [0, 0.1) is 21.8 Å². The highest BCUT2D eigenvalue weighted by atomic mass is 32.2. The van der Waals surface area contributed by atoms with Crippen LogP contribution in [0.4, 0.5) is 15.8 Å². The Morgan fingerprint density at radius 1 is 1.20 bits per heavy atom. The van der Waals surface area contributed by atoms with Crippen LogP contribution in [0.25, 0.3) is 0 Å². The summed E-state index contributed by atoms with van der Waals surface area (Å²) in [7, 11) is -2.40. The highest BCUT2D eigenvalue weighted by Gasteiger charge is 2.32. The number of halogens is 1. The molecule has 160 valence electrons. The molecule has 1 aliphatic rings. The number of amides is 1. The molecule has 0 atom stereocenters. The highest BCUT2D eigenvalue weighted by molar-refractivity contribution is 7.89. The highest BCUT2D eigenvalue weighted by Crippen LogP contribution is 2.31. The van der Waals surface area contributed by atoms with Gasteiger partial charge in [-0.05, 0) is 49.2 Å². The van der Waals surface area contributed by atoms with E-state index in [-0.39, 0.29) is 42.2 Å². The SMILES string of the molecule is COc1ccc(NC(=O)C2CCN(S(=O)(=O)c3ccc(F)cc3)CC2)c([N+](=O)[O-])c1. The largest absolute Gasteiger partial charge is 0.496 e. The minimum Gasteiger partial charge on any atom is -0.496 e. The maximum absolute atomic E-state index is 13.1. The van der Waals surface area contributed by atoms with Crippen LogP contribution in [0.5, 0.6) is 5.75 Å². The number of nitrogens with one attached hydrogen (secondary N) is 1. The molecular formula is C19H20FN3O6S. The number of benzene rings is 2. The molecule has 11 heteroatoms. The third kappa shape index (κ3) is 4.57. The van der Waals surface area contributed by atoms with Crippen molar-refractivity contribution in [2.24, 2.45) is 5.92 Å². The third-order valence-electron chi connectivity index (χ3n) is 4.94. The number of anilines is 1. The molecule has 2 aromatic carbocycles. The Morgan fingerprint density at radius 2 is 1.83 bits per heavy atom. The fourth-order valence-electron chi connectivity index (χ4n) is 3.24. The maximum atomic E-state index is 13.1. The number of nitrogens with zero attached hydrogens (tertiary/aromatic N) is 2. The van der Waals surface area contributed by atoms with E-state index in [9.17, 15) is 27.7 Å². The Kier molecular flexibility index (Phi) is 6.32. The number of ether oxygens (including phenoxy) is 1.